The summed E-state index contributed by atoms with van der Waals surface area (Å²) in [6.07, 6.45) is 3.28. The molecule has 4 aromatic heterocycles. The second kappa shape index (κ2) is 6.44. The van der Waals surface area contributed by atoms with Crippen LogP contribution in [0.3, 0.4) is 0 Å². The highest BCUT2D eigenvalue weighted by molar-refractivity contribution is 7.98. The highest BCUT2D eigenvalue weighted by Crippen LogP contribution is 2.26. The number of fused-ring (bicyclic) bond motifs is 3. The molecule has 0 amide bonds. The van der Waals surface area contributed by atoms with Gasteiger partial charge < -0.3 is 18.4 Å². The molecule has 1 N–H and O–H groups in total. The minimum atomic E-state index is -0.288. The van der Waals surface area contributed by atoms with Crippen molar-refractivity contribution in [3.8, 4) is 0 Å². The second-order valence-electron chi connectivity index (χ2n) is 5.90. The first-order chi connectivity index (χ1) is 13.3. The second-order valence-corrected chi connectivity index (χ2v) is 6.84. The number of furan rings is 2. The Morgan fingerprint density at radius 3 is 3.00 bits per heavy atom. The van der Waals surface area contributed by atoms with Gasteiger partial charge in [0.25, 0.3) is 5.56 Å². The minimum absolute atomic E-state index is 0.242. The summed E-state index contributed by atoms with van der Waals surface area (Å²) < 4.78 is 12.9. The lowest BCUT2D eigenvalue weighted by molar-refractivity contribution is 0.484. The smallest absolute Gasteiger partial charge is 0.294 e. The molecule has 134 valence electrons. The van der Waals surface area contributed by atoms with Crippen molar-refractivity contribution in [1.82, 2.24) is 24.7 Å². The number of aromatic amines is 1. The molecule has 1 aromatic carbocycles. The third-order valence-corrected chi connectivity index (χ3v) is 5.10. The number of rotatable bonds is 5. The molecule has 0 aliphatic rings. The van der Waals surface area contributed by atoms with Gasteiger partial charge in [-0.3, -0.25) is 4.79 Å². The molecule has 27 heavy (non-hydrogen) atoms. The number of benzene rings is 1. The number of nitrogens with one attached hydrogen (secondary N) is 1. The maximum atomic E-state index is 12.4. The number of nitrogens with zero attached hydrogens (tertiary/aromatic N) is 4. The highest BCUT2D eigenvalue weighted by atomic mass is 32.2. The van der Waals surface area contributed by atoms with Crippen LogP contribution in [0.1, 0.15) is 11.6 Å². The third-order valence-electron chi connectivity index (χ3n) is 4.10. The first-order valence-corrected chi connectivity index (χ1v) is 9.20. The van der Waals surface area contributed by atoms with E-state index in [0.29, 0.717) is 34.4 Å². The maximum absolute atomic E-state index is 12.4. The average molecular weight is 379 g/mol. The molecule has 8 nitrogen and oxygen atoms in total. The molecule has 5 aromatic rings. The van der Waals surface area contributed by atoms with E-state index in [9.17, 15) is 4.79 Å². The van der Waals surface area contributed by atoms with Gasteiger partial charge >= 0.3 is 0 Å². The van der Waals surface area contributed by atoms with E-state index < -0.39 is 0 Å². The fraction of sp³-hybridized carbons (Fsp3) is 0.111. The number of thioether (sulfide) groups is 1. The largest absolute Gasteiger partial charge is 0.467 e. The van der Waals surface area contributed by atoms with E-state index in [2.05, 4.69) is 20.2 Å². The Bertz CT molecular complexity index is 1290. The van der Waals surface area contributed by atoms with E-state index in [0.717, 1.165) is 11.1 Å². The summed E-state index contributed by atoms with van der Waals surface area (Å²) in [6.45, 7) is 0.539. The van der Waals surface area contributed by atoms with Crippen molar-refractivity contribution in [3.05, 3.63) is 70.9 Å². The van der Waals surface area contributed by atoms with Crippen molar-refractivity contribution in [3.63, 3.8) is 0 Å². The van der Waals surface area contributed by atoms with Crippen molar-refractivity contribution in [1.29, 1.82) is 0 Å². The van der Waals surface area contributed by atoms with Crippen LogP contribution in [0.4, 0.5) is 0 Å². The van der Waals surface area contributed by atoms with Crippen LogP contribution in [0.2, 0.25) is 0 Å². The lowest BCUT2D eigenvalue weighted by atomic mass is 10.2. The molecule has 0 unspecified atom stereocenters. The Morgan fingerprint density at radius 1 is 1.19 bits per heavy atom. The molecule has 0 aliphatic heterocycles. The van der Waals surface area contributed by atoms with Gasteiger partial charge in [-0.2, -0.15) is 0 Å². The number of para-hydroxylation sites is 1. The van der Waals surface area contributed by atoms with Crippen molar-refractivity contribution in [2.45, 2.75) is 17.5 Å². The number of hydrogen-bond donors (Lipinski definition) is 1. The first kappa shape index (κ1) is 15.9. The molecule has 5 rings (SSSR count). The number of hydrogen-bond acceptors (Lipinski definition) is 7. The van der Waals surface area contributed by atoms with Crippen LogP contribution < -0.4 is 5.56 Å². The van der Waals surface area contributed by atoms with Crippen LogP contribution in [-0.2, 0) is 12.3 Å². The van der Waals surface area contributed by atoms with Crippen LogP contribution in [0.5, 0.6) is 0 Å². The molecule has 0 saturated heterocycles. The zero-order valence-corrected chi connectivity index (χ0v) is 14.8. The highest BCUT2D eigenvalue weighted by Gasteiger charge is 2.14. The van der Waals surface area contributed by atoms with Crippen LogP contribution in [0, 0.1) is 0 Å². The first-order valence-electron chi connectivity index (χ1n) is 8.21. The summed E-state index contributed by atoms with van der Waals surface area (Å²) in [6, 6.07) is 11.2. The molecule has 0 spiro atoms. The van der Waals surface area contributed by atoms with E-state index in [1.165, 1.54) is 11.8 Å². The van der Waals surface area contributed by atoms with Crippen molar-refractivity contribution < 1.29 is 8.83 Å². The zero-order chi connectivity index (χ0) is 18.2. The molecule has 0 aliphatic carbocycles. The van der Waals surface area contributed by atoms with E-state index in [4.69, 9.17) is 8.83 Å². The Kier molecular flexibility index (Phi) is 3.79. The van der Waals surface area contributed by atoms with Gasteiger partial charge in [-0.25, -0.2) is 4.98 Å². The predicted octanol–water partition coefficient (Wildman–Crippen LogP) is 3.19. The lowest BCUT2D eigenvalue weighted by Crippen LogP contribution is -2.10. The fourth-order valence-electron chi connectivity index (χ4n) is 2.88. The molecule has 4 heterocycles. The Balaban J connectivity index is 1.43. The third kappa shape index (κ3) is 2.91. The number of aromatic nitrogens is 5. The minimum Gasteiger partial charge on any atom is -0.467 e. The molecule has 0 saturated carbocycles. The fourth-order valence-corrected chi connectivity index (χ4v) is 3.67. The molecular formula is C18H13N5O3S. The molecular weight excluding hydrogens is 366 g/mol. The van der Waals surface area contributed by atoms with Gasteiger partial charge in [0.15, 0.2) is 5.16 Å². The summed E-state index contributed by atoms with van der Waals surface area (Å²) >= 11 is 1.44. The van der Waals surface area contributed by atoms with Crippen LogP contribution in [-0.4, -0.2) is 24.7 Å². The SMILES string of the molecule is O=c1[nH]c(CSc2nncn2Cc2ccco2)nc2c1oc1ccccc12. The van der Waals surface area contributed by atoms with Gasteiger partial charge in [0.05, 0.1) is 18.6 Å². The van der Waals surface area contributed by atoms with Gasteiger partial charge in [0.1, 0.15) is 29.0 Å². The summed E-state index contributed by atoms with van der Waals surface area (Å²) in [5, 5.41) is 9.63. The standard InChI is InChI=1S/C18H13N5O3S/c24-17-16-15(12-5-1-2-6-13(12)26-16)20-14(21-17)9-27-18-22-19-10-23(18)8-11-4-3-7-25-11/h1-7,10H,8-9H2,(H,20,21,24). The summed E-state index contributed by atoms with van der Waals surface area (Å²) in [4.78, 5) is 19.7. The Morgan fingerprint density at radius 2 is 2.11 bits per heavy atom. The quantitative estimate of drug-likeness (QED) is 0.468. The van der Waals surface area contributed by atoms with Crippen LogP contribution >= 0.6 is 11.8 Å². The van der Waals surface area contributed by atoms with Gasteiger partial charge in [0, 0.05) is 5.39 Å². The Hall–Kier alpha value is -3.33. The van der Waals surface area contributed by atoms with E-state index in [1.807, 2.05) is 41.0 Å². The summed E-state index contributed by atoms with van der Waals surface area (Å²) in [5.74, 6) is 1.81. The topological polar surface area (TPSA) is 103 Å². The molecule has 9 heteroatoms. The molecule has 0 atom stereocenters. The van der Waals surface area contributed by atoms with Gasteiger partial charge in [-0.1, -0.05) is 23.9 Å². The predicted molar refractivity (Wildman–Crippen MR) is 99.5 cm³/mol. The molecule has 0 bridgehead atoms. The van der Waals surface area contributed by atoms with Crippen LogP contribution in [0.25, 0.3) is 22.1 Å². The van der Waals surface area contributed by atoms with Gasteiger partial charge in [-0.15, -0.1) is 10.2 Å². The van der Waals surface area contributed by atoms with Crippen molar-refractivity contribution in [2.75, 3.05) is 0 Å². The normalized spacial score (nSPS) is 11.6. The zero-order valence-electron chi connectivity index (χ0n) is 14.0. The van der Waals surface area contributed by atoms with E-state index >= 15 is 0 Å². The summed E-state index contributed by atoms with van der Waals surface area (Å²) in [7, 11) is 0. The average Bonchev–Trinajstić information content (AvgIpc) is 3.41. The maximum Gasteiger partial charge on any atom is 0.294 e. The van der Waals surface area contributed by atoms with Crippen molar-refractivity contribution >= 4 is 33.8 Å². The van der Waals surface area contributed by atoms with Gasteiger partial charge in [-0.05, 0) is 24.3 Å². The molecule has 0 radical (unpaired) electrons. The lowest BCUT2D eigenvalue weighted by Gasteiger charge is -2.04. The van der Waals surface area contributed by atoms with E-state index in [1.54, 1.807) is 12.6 Å². The summed E-state index contributed by atoms with van der Waals surface area (Å²) in [5.41, 5.74) is 1.17. The molecule has 0 fully saturated rings. The number of H-pyrrole nitrogens is 1. The van der Waals surface area contributed by atoms with Crippen molar-refractivity contribution in [2.24, 2.45) is 0 Å². The monoisotopic (exact) mass is 379 g/mol. The van der Waals surface area contributed by atoms with Crippen LogP contribution in [0.15, 0.2) is 67.8 Å². The van der Waals surface area contributed by atoms with E-state index in [-0.39, 0.29) is 11.1 Å². The Labute approximate surface area is 156 Å². The van der Waals surface area contributed by atoms with Gasteiger partial charge in [0.2, 0.25) is 5.58 Å².